The summed E-state index contributed by atoms with van der Waals surface area (Å²) < 4.78 is 11.5. The van der Waals surface area contributed by atoms with Crippen molar-refractivity contribution in [3.63, 3.8) is 0 Å². The number of benzene rings is 1. The van der Waals surface area contributed by atoms with Crippen molar-refractivity contribution in [1.29, 1.82) is 0 Å². The Morgan fingerprint density at radius 1 is 1.27 bits per heavy atom. The average Bonchev–Trinajstić information content (AvgIpc) is 2.52. The van der Waals surface area contributed by atoms with Gasteiger partial charge in [0.2, 0.25) is 0 Å². The lowest BCUT2D eigenvalue weighted by atomic mass is 10.2. The van der Waals surface area contributed by atoms with Gasteiger partial charge in [-0.1, -0.05) is 0 Å². The summed E-state index contributed by atoms with van der Waals surface area (Å²) in [4.78, 5) is 4.60. The molecular formula is C15H24BrN3O2S. The summed E-state index contributed by atoms with van der Waals surface area (Å²) in [5.74, 6) is 3.26. The molecule has 0 unspecified atom stereocenters. The van der Waals surface area contributed by atoms with Crippen molar-refractivity contribution in [2.75, 3.05) is 39.3 Å². The highest BCUT2D eigenvalue weighted by molar-refractivity contribution is 9.10. The van der Waals surface area contributed by atoms with Crippen LogP contribution < -0.4 is 20.1 Å². The third-order valence-corrected chi connectivity index (χ3v) is 4.06. The predicted octanol–water partition coefficient (Wildman–Crippen LogP) is 2.88. The lowest BCUT2D eigenvalue weighted by molar-refractivity contribution is 0.352. The first kappa shape index (κ1) is 19.0. The van der Waals surface area contributed by atoms with Crippen molar-refractivity contribution in [3.8, 4) is 11.5 Å². The van der Waals surface area contributed by atoms with E-state index >= 15 is 0 Å². The highest BCUT2D eigenvalue weighted by atomic mass is 79.9. The van der Waals surface area contributed by atoms with Crippen LogP contribution in [0.25, 0.3) is 0 Å². The van der Waals surface area contributed by atoms with Crippen molar-refractivity contribution in [1.82, 2.24) is 10.6 Å². The van der Waals surface area contributed by atoms with Crippen LogP contribution in [-0.4, -0.2) is 45.3 Å². The van der Waals surface area contributed by atoms with Gasteiger partial charge in [-0.3, -0.25) is 0 Å². The number of nitrogens with zero attached hydrogens (tertiary/aromatic N) is 1. The van der Waals surface area contributed by atoms with Crippen molar-refractivity contribution in [2.45, 2.75) is 13.5 Å². The van der Waals surface area contributed by atoms with E-state index in [1.807, 2.05) is 12.1 Å². The van der Waals surface area contributed by atoms with E-state index in [0.717, 1.165) is 34.8 Å². The Labute approximate surface area is 145 Å². The van der Waals surface area contributed by atoms with Crippen molar-refractivity contribution < 1.29 is 9.47 Å². The first-order valence-electron chi connectivity index (χ1n) is 7.07. The Hall–Kier alpha value is -1.08. The molecule has 0 saturated heterocycles. The number of rotatable bonds is 8. The number of thioether (sulfide) groups is 1. The van der Waals surface area contributed by atoms with Crippen LogP contribution in [-0.2, 0) is 6.54 Å². The lowest BCUT2D eigenvalue weighted by Crippen LogP contribution is -2.38. The van der Waals surface area contributed by atoms with E-state index in [1.165, 1.54) is 0 Å². The molecule has 0 aliphatic rings. The van der Waals surface area contributed by atoms with Crippen LogP contribution in [0.4, 0.5) is 0 Å². The number of hydrogen-bond acceptors (Lipinski definition) is 4. The van der Waals surface area contributed by atoms with Crippen molar-refractivity contribution in [2.24, 2.45) is 4.99 Å². The summed E-state index contributed by atoms with van der Waals surface area (Å²) in [6.07, 6.45) is 2.09. The molecule has 124 valence electrons. The number of nitrogens with one attached hydrogen (secondary N) is 2. The third kappa shape index (κ3) is 5.96. The second-order valence-corrected chi connectivity index (χ2v) is 6.27. The van der Waals surface area contributed by atoms with Gasteiger partial charge in [0.1, 0.15) is 0 Å². The molecule has 1 rings (SSSR count). The maximum Gasteiger partial charge on any atom is 0.191 e. The van der Waals surface area contributed by atoms with E-state index in [0.29, 0.717) is 18.0 Å². The zero-order valence-electron chi connectivity index (χ0n) is 13.5. The summed E-state index contributed by atoms with van der Waals surface area (Å²) in [5, 5.41) is 6.55. The van der Waals surface area contributed by atoms with E-state index in [-0.39, 0.29) is 0 Å². The van der Waals surface area contributed by atoms with Crippen LogP contribution in [0.3, 0.4) is 0 Å². The van der Waals surface area contributed by atoms with Gasteiger partial charge < -0.3 is 20.1 Å². The molecule has 0 radical (unpaired) electrons. The van der Waals surface area contributed by atoms with E-state index in [1.54, 1.807) is 26.0 Å². The number of hydrogen-bond donors (Lipinski definition) is 2. The highest BCUT2D eigenvalue weighted by Gasteiger charge is 2.10. The monoisotopic (exact) mass is 389 g/mol. The van der Waals surface area contributed by atoms with Gasteiger partial charge in [0, 0.05) is 18.8 Å². The maximum absolute atomic E-state index is 5.35. The van der Waals surface area contributed by atoms with E-state index in [4.69, 9.17) is 9.47 Å². The summed E-state index contributed by atoms with van der Waals surface area (Å²) in [7, 11) is 3.25. The Balaban J connectivity index is 2.82. The van der Waals surface area contributed by atoms with Crippen LogP contribution in [0.2, 0.25) is 0 Å². The zero-order chi connectivity index (χ0) is 16.4. The minimum Gasteiger partial charge on any atom is -0.493 e. The van der Waals surface area contributed by atoms with Crippen LogP contribution in [0.15, 0.2) is 21.6 Å². The van der Waals surface area contributed by atoms with Crippen LogP contribution in [0.5, 0.6) is 11.5 Å². The Morgan fingerprint density at radius 2 is 2.05 bits per heavy atom. The summed E-state index contributed by atoms with van der Waals surface area (Å²) in [6.45, 7) is 4.34. The fourth-order valence-corrected chi connectivity index (χ4v) is 2.80. The molecule has 1 aromatic carbocycles. The second kappa shape index (κ2) is 10.6. The molecule has 22 heavy (non-hydrogen) atoms. The Morgan fingerprint density at radius 3 is 2.64 bits per heavy atom. The molecule has 0 amide bonds. The molecule has 1 aromatic rings. The van der Waals surface area contributed by atoms with Crippen molar-refractivity contribution in [3.05, 3.63) is 22.2 Å². The third-order valence-electron chi connectivity index (χ3n) is 2.86. The molecule has 0 bridgehead atoms. The Bertz CT molecular complexity index is 498. The molecule has 0 aliphatic heterocycles. The van der Waals surface area contributed by atoms with Gasteiger partial charge in [0.25, 0.3) is 0 Å². The van der Waals surface area contributed by atoms with Crippen LogP contribution in [0, 0.1) is 0 Å². The smallest absolute Gasteiger partial charge is 0.191 e. The number of ether oxygens (including phenoxy) is 2. The molecule has 0 spiro atoms. The fraction of sp³-hybridized carbons (Fsp3) is 0.533. The van der Waals surface area contributed by atoms with Crippen LogP contribution >= 0.6 is 27.7 Å². The molecule has 0 heterocycles. The zero-order valence-corrected chi connectivity index (χ0v) is 15.9. The molecule has 0 aliphatic carbocycles. The Kier molecular flexibility index (Phi) is 9.15. The molecule has 0 atom stereocenters. The molecular weight excluding hydrogens is 366 g/mol. The van der Waals surface area contributed by atoms with Gasteiger partial charge in [-0.05, 0) is 46.8 Å². The maximum atomic E-state index is 5.35. The molecule has 2 N–H and O–H groups in total. The summed E-state index contributed by atoms with van der Waals surface area (Å²) in [5.41, 5.74) is 1.05. The van der Waals surface area contributed by atoms with E-state index < -0.39 is 0 Å². The van der Waals surface area contributed by atoms with Crippen LogP contribution in [0.1, 0.15) is 12.5 Å². The average molecular weight is 390 g/mol. The van der Waals surface area contributed by atoms with E-state index in [2.05, 4.69) is 44.7 Å². The normalized spacial score (nSPS) is 11.2. The summed E-state index contributed by atoms with van der Waals surface area (Å²) >= 11 is 5.31. The minimum absolute atomic E-state index is 0.563. The van der Waals surface area contributed by atoms with Gasteiger partial charge in [-0.25, -0.2) is 4.99 Å². The first-order chi connectivity index (χ1) is 10.7. The molecule has 0 saturated carbocycles. The largest absolute Gasteiger partial charge is 0.493 e. The quantitative estimate of drug-likeness (QED) is 0.406. The van der Waals surface area contributed by atoms with Gasteiger partial charge in [0.15, 0.2) is 17.5 Å². The number of methoxy groups -OCH3 is 2. The first-order valence-corrected chi connectivity index (χ1v) is 9.26. The highest BCUT2D eigenvalue weighted by Crippen LogP contribution is 2.36. The van der Waals surface area contributed by atoms with E-state index in [9.17, 15) is 0 Å². The molecule has 7 heteroatoms. The van der Waals surface area contributed by atoms with Gasteiger partial charge in [-0.15, -0.1) is 0 Å². The predicted molar refractivity (Wildman–Crippen MR) is 98.4 cm³/mol. The summed E-state index contributed by atoms with van der Waals surface area (Å²) in [6, 6.07) is 3.94. The standard InChI is InChI=1S/C15H24BrN3O2S/c1-5-17-15(18-6-7-22-4)19-10-11-8-12(16)14(21-3)13(9-11)20-2/h8-9H,5-7,10H2,1-4H3,(H2,17,18,19). The molecule has 5 nitrogen and oxygen atoms in total. The number of guanidine groups is 1. The van der Waals surface area contributed by atoms with Gasteiger partial charge >= 0.3 is 0 Å². The SMILES string of the molecule is CCNC(=NCc1cc(Br)c(OC)c(OC)c1)NCCSC. The molecule has 0 fully saturated rings. The minimum atomic E-state index is 0.563. The van der Waals surface area contributed by atoms with Gasteiger partial charge in [-0.2, -0.15) is 11.8 Å². The molecule has 0 aromatic heterocycles. The number of halogens is 1. The van der Waals surface area contributed by atoms with Crippen molar-refractivity contribution >= 4 is 33.7 Å². The van der Waals surface area contributed by atoms with Gasteiger partial charge in [0.05, 0.1) is 25.2 Å². The lowest BCUT2D eigenvalue weighted by Gasteiger charge is -2.13. The fourth-order valence-electron chi connectivity index (χ4n) is 1.85. The second-order valence-electron chi connectivity index (χ2n) is 4.43. The topological polar surface area (TPSA) is 54.9 Å². The number of aliphatic imine (C=N–C) groups is 1.